The van der Waals surface area contributed by atoms with Crippen molar-refractivity contribution in [1.82, 2.24) is 4.31 Å². The molecule has 22 heavy (non-hydrogen) atoms. The predicted molar refractivity (Wildman–Crippen MR) is 85.6 cm³/mol. The third-order valence-electron chi connectivity index (χ3n) is 3.72. The molecule has 0 bridgehead atoms. The van der Waals surface area contributed by atoms with E-state index in [1.165, 1.54) is 19.2 Å². The third-order valence-corrected chi connectivity index (χ3v) is 6.94. The summed E-state index contributed by atoms with van der Waals surface area (Å²) in [6.45, 7) is 0. The fourth-order valence-corrected chi connectivity index (χ4v) is 5.11. The number of hydrogen-bond donors (Lipinski definition) is 0. The van der Waals surface area contributed by atoms with Crippen LogP contribution >= 0.6 is 0 Å². The number of benzene rings is 2. The van der Waals surface area contributed by atoms with E-state index < -0.39 is 19.9 Å². The van der Waals surface area contributed by atoms with Gasteiger partial charge in [-0.2, -0.15) is 0 Å². The number of nitrogens with zero attached hydrogens (tertiary/aromatic N) is 1. The van der Waals surface area contributed by atoms with Gasteiger partial charge in [0, 0.05) is 12.7 Å². The van der Waals surface area contributed by atoms with E-state index in [0.717, 1.165) is 15.1 Å². The van der Waals surface area contributed by atoms with Crippen LogP contribution in [0.15, 0.2) is 59.1 Å². The van der Waals surface area contributed by atoms with E-state index >= 15 is 0 Å². The summed E-state index contributed by atoms with van der Waals surface area (Å²) >= 11 is 0. The molecule has 0 amide bonds. The summed E-state index contributed by atoms with van der Waals surface area (Å²) in [7, 11) is -5.59. The maximum absolute atomic E-state index is 12.7. The molecule has 7 heteroatoms. The number of rotatable bonds is 3. The van der Waals surface area contributed by atoms with Gasteiger partial charge in [-0.1, -0.05) is 30.3 Å². The van der Waals surface area contributed by atoms with Gasteiger partial charge in [-0.3, -0.25) is 4.31 Å². The molecule has 1 heterocycles. The van der Waals surface area contributed by atoms with Crippen LogP contribution < -0.4 is 0 Å². The Morgan fingerprint density at radius 3 is 2.36 bits per heavy atom. The van der Waals surface area contributed by atoms with Crippen LogP contribution in [0.4, 0.5) is 0 Å². The molecule has 3 rings (SSSR count). The van der Waals surface area contributed by atoms with E-state index in [0.29, 0.717) is 5.70 Å². The number of sulfonamides is 1. The Labute approximate surface area is 129 Å². The monoisotopic (exact) mass is 337 g/mol. The van der Waals surface area contributed by atoms with E-state index in [1.54, 1.807) is 12.1 Å². The van der Waals surface area contributed by atoms with Crippen LogP contribution in [0.3, 0.4) is 0 Å². The molecule has 2 aromatic rings. The SMILES string of the molecule is CN(C1=CCS(=O)(=O)C1)S(=O)(=O)c1ccc2ccccc2c1. The summed E-state index contributed by atoms with van der Waals surface area (Å²) < 4.78 is 49.4. The first-order valence-electron chi connectivity index (χ1n) is 6.67. The summed E-state index contributed by atoms with van der Waals surface area (Å²) in [6, 6.07) is 12.4. The Hall–Kier alpha value is -1.86. The zero-order valence-corrected chi connectivity index (χ0v) is 13.6. The average Bonchev–Trinajstić information content (AvgIpc) is 2.86. The highest BCUT2D eigenvalue weighted by Crippen LogP contribution is 2.25. The summed E-state index contributed by atoms with van der Waals surface area (Å²) in [5, 5.41) is 1.77. The molecule has 0 saturated carbocycles. The fraction of sp³-hybridized carbons (Fsp3) is 0.200. The second-order valence-electron chi connectivity index (χ2n) is 5.23. The Kier molecular flexibility index (Phi) is 3.49. The zero-order chi connectivity index (χ0) is 16.0. The van der Waals surface area contributed by atoms with Crippen LogP contribution in [0.1, 0.15) is 0 Å². The van der Waals surface area contributed by atoms with Crippen LogP contribution in [0.2, 0.25) is 0 Å². The van der Waals surface area contributed by atoms with E-state index in [4.69, 9.17) is 0 Å². The highest BCUT2D eigenvalue weighted by Gasteiger charge is 2.29. The molecule has 1 aliphatic rings. The average molecular weight is 337 g/mol. The van der Waals surface area contributed by atoms with Crippen molar-refractivity contribution >= 4 is 30.6 Å². The summed E-state index contributed by atoms with van der Waals surface area (Å²) in [5.41, 5.74) is 0.299. The van der Waals surface area contributed by atoms with Crippen LogP contribution in [0.5, 0.6) is 0 Å². The van der Waals surface area contributed by atoms with Crippen molar-refractivity contribution in [2.24, 2.45) is 0 Å². The van der Waals surface area contributed by atoms with Crippen LogP contribution in [-0.2, 0) is 19.9 Å². The summed E-state index contributed by atoms with van der Waals surface area (Å²) in [4.78, 5) is 0.152. The molecule has 2 aromatic carbocycles. The van der Waals surface area contributed by atoms with Crippen molar-refractivity contribution in [2.75, 3.05) is 18.6 Å². The van der Waals surface area contributed by atoms with Gasteiger partial charge in [0.05, 0.1) is 16.4 Å². The van der Waals surface area contributed by atoms with Gasteiger partial charge in [0.1, 0.15) is 0 Å². The van der Waals surface area contributed by atoms with Crippen molar-refractivity contribution in [3.05, 3.63) is 54.2 Å². The van der Waals surface area contributed by atoms with Crippen molar-refractivity contribution < 1.29 is 16.8 Å². The molecule has 116 valence electrons. The van der Waals surface area contributed by atoms with Gasteiger partial charge < -0.3 is 0 Å². The molecule has 0 atom stereocenters. The highest BCUT2D eigenvalue weighted by atomic mass is 32.2. The van der Waals surface area contributed by atoms with E-state index in [9.17, 15) is 16.8 Å². The van der Waals surface area contributed by atoms with Crippen molar-refractivity contribution in [3.8, 4) is 0 Å². The van der Waals surface area contributed by atoms with Gasteiger partial charge in [0.25, 0.3) is 10.0 Å². The second kappa shape index (κ2) is 5.10. The van der Waals surface area contributed by atoms with Gasteiger partial charge in [-0.05, 0) is 29.0 Å². The molecule has 0 unspecified atom stereocenters. The van der Waals surface area contributed by atoms with Crippen LogP contribution in [0.25, 0.3) is 10.8 Å². The van der Waals surface area contributed by atoms with Gasteiger partial charge in [0.2, 0.25) is 0 Å². The number of sulfone groups is 1. The lowest BCUT2D eigenvalue weighted by molar-refractivity contribution is 0.524. The van der Waals surface area contributed by atoms with Gasteiger partial charge in [0.15, 0.2) is 9.84 Å². The molecule has 0 aromatic heterocycles. The lowest BCUT2D eigenvalue weighted by atomic mass is 10.1. The Morgan fingerprint density at radius 1 is 1.05 bits per heavy atom. The minimum Gasteiger partial charge on any atom is -0.272 e. The standard InChI is InChI=1S/C15H15NO4S2/c1-16(14-8-9-21(17,18)11-14)22(19,20)15-7-6-12-4-2-3-5-13(12)10-15/h2-8,10H,9,11H2,1H3. The molecule has 0 N–H and O–H groups in total. The van der Waals surface area contributed by atoms with E-state index in [2.05, 4.69) is 0 Å². The molecular weight excluding hydrogens is 322 g/mol. The van der Waals surface area contributed by atoms with Crippen LogP contribution in [0, 0.1) is 0 Å². The second-order valence-corrected chi connectivity index (χ2v) is 9.31. The van der Waals surface area contributed by atoms with E-state index in [1.807, 2.05) is 24.3 Å². The lowest BCUT2D eigenvalue weighted by Crippen LogP contribution is -2.27. The van der Waals surface area contributed by atoms with E-state index in [-0.39, 0.29) is 16.4 Å². The third kappa shape index (κ3) is 2.62. The van der Waals surface area contributed by atoms with Crippen LogP contribution in [-0.4, -0.2) is 39.7 Å². The number of hydrogen-bond acceptors (Lipinski definition) is 4. The highest BCUT2D eigenvalue weighted by molar-refractivity contribution is 7.92. The Bertz CT molecular complexity index is 976. The minimum atomic E-state index is -3.76. The van der Waals surface area contributed by atoms with Gasteiger partial charge in [-0.15, -0.1) is 0 Å². The first kappa shape index (κ1) is 15.1. The maximum atomic E-state index is 12.7. The maximum Gasteiger partial charge on any atom is 0.263 e. The van der Waals surface area contributed by atoms with Gasteiger partial charge in [-0.25, -0.2) is 16.8 Å². The van der Waals surface area contributed by atoms with Crippen molar-refractivity contribution in [3.63, 3.8) is 0 Å². The van der Waals surface area contributed by atoms with Crippen molar-refractivity contribution in [1.29, 1.82) is 0 Å². The zero-order valence-electron chi connectivity index (χ0n) is 11.9. The van der Waals surface area contributed by atoms with Gasteiger partial charge >= 0.3 is 0 Å². The normalized spacial score (nSPS) is 17.4. The smallest absolute Gasteiger partial charge is 0.263 e. The topological polar surface area (TPSA) is 71.5 Å². The Morgan fingerprint density at radius 2 is 1.73 bits per heavy atom. The lowest BCUT2D eigenvalue weighted by Gasteiger charge is -2.20. The minimum absolute atomic E-state index is 0.111. The largest absolute Gasteiger partial charge is 0.272 e. The van der Waals surface area contributed by atoms with Crippen molar-refractivity contribution in [2.45, 2.75) is 4.90 Å². The Balaban J connectivity index is 2.01. The molecule has 0 saturated heterocycles. The first-order chi connectivity index (χ1) is 10.3. The molecule has 1 aliphatic heterocycles. The fourth-order valence-electron chi connectivity index (χ4n) is 2.43. The summed E-state index contributed by atoms with van der Waals surface area (Å²) in [6.07, 6.45) is 1.45. The molecule has 0 aliphatic carbocycles. The predicted octanol–water partition coefficient (Wildman–Crippen LogP) is 1.77. The molecule has 0 radical (unpaired) electrons. The molecule has 0 spiro atoms. The molecule has 5 nitrogen and oxygen atoms in total. The molecular formula is C15H15NO4S2. The summed E-state index contributed by atoms with van der Waals surface area (Å²) in [5.74, 6) is -0.351. The first-order valence-corrected chi connectivity index (χ1v) is 9.93. The quantitative estimate of drug-likeness (QED) is 0.856. The number of fused-ring (bicyclic) bond motifs is 1. The molecule has 0 fully saturated rings.